The van der Waals surface area contributed by atoms with Gasteiger partial charge in [-0.3, -0.25) is 4.40 Å². The average molecular weight is 383 g/mol. The third-order valence-electron chi connectivity index (χ3n) is 4.81. The predicted molar refractivity (Wildman–Crippen MR) is 105 cm³/mol. The van der Waals surface area contributed by atoms with Gasteiger partial charge >= 0.3 is 0 Å². The molecule has 0 radical (unpaired) electrons. The number of hydrogen-bond acceptors (Lipinski definition) is 5. The van der Waals surface area contributed by atoms with Gasteiger partial charge in [0.15, 0.2) is 0 Å². The Hall–Kier alpha value is -2.15. The second-order valence-electron chi connectivity index (χ2n) is 6.56. The van der Waals surface area contributed by atoms with Crippen LogP contribution in [0.25, 0.3) is 15.3 Å². The average Bonchev–Trinajstić information content (AvgIpc) is 3.09. The molecule has 1 fully saturated rings. The van der Waals surface area contributed by atoms with Crippen molar-refractivity contribution in [3.63, 3.8) is 0 Å². The SMILES string of the molecule is COc1ccc(-c2ccc(C(O)c3c(C4CC4)sc4cncn34)s2)cc1. The Balaban J connectivity index is 1.51. The van der Waals surface area contributed by atoms with Crippen molar-refractivity contribution in [1.29, 1.82) is 0 Å². The Bertz CT molecular complexity index is 1060. The third kappa shape index (κ3) is 2.65. The zero-order chi connectivity index (χ0) is 17.7. The Morgan fingerprint density at radius 2 is 1.96 bits per heavy atom. The molecular weight excluding hydrogens is 364 g/mol. The van der Waals surface area contributed by atoms with Crippen LogP contribution in [-0.4, -0.2) is 21.6 Å². The maximum absolute atomic E-state index is 11.1. The Morgan fingerprint density at radius 1 is 1.15 bits per heavy atom. The number of imidazole rings is 1. The highest BCUT2D eigenvalue weighted by Gasteiger charge is 2.33. The number of aliphatic hydroxyl groups excluding tert-OH is 1. The van der Waals surface area contributed by atoms with E-state index in [1.165, 1.54) is 17.7 Å². The summed E-state index contributed by atoms with van der Waals surface area (Å²) in [4.78, 5) is 8.77. The number of thiazole rings is 1. The van der Waals surface area contributed by atoms with E-state index in [0.717, 1.165) is 31.6 Å². The summed E-state index contributed by atoms with van der Waals surface area (Å²) in [6.07, 6.45) is 5.51. The Kier molecular flexibility index (Phi) is 3.85. The minimum atomic E-state index is -0.620. The van der Waals surface area contributed by atoms with Gasteiger partial charge in [0.05, 0.1) is 19.0 Å². The highest BCUT2D eigenvalue weighted by atomic mass is 32.1. The fourth-order valence-corrected chi connectivity index (χ4v) is 5.58. The largest absolute Gasteiger partial charge is 0.497 e. The molecular formula is C20H18N2O2S2. The fraction of sp³-hybridized carbons (Fsp3) is 0.250. The standard InChI is InChI=1S/C20H18N2O2S2/c1-24-14-6-4-12(5-7-14)15-8-9-16(25-15)19(23)18-20(13-2-3-13)26-17-10-21-11-22(17)18/h4-11,13,19,23H,2-3H2,1H3. The molecule has 3 aromatic heterocycles. The van der Waals surface area contributed by atoms with Crippen LogP contribution in [-0.2, 0) is 0 Å². The molecule has 1 aliphatic carbocycles. The van der Waals surface area contributed by atoms with E-state index in [4.69, 9.17) is 4.74 Å². The van der Waals surface area contributed by atoms with Gasteiger partial charge < -0.3 is 9.84 Å². The first-order valence-electron chi connectivity index (χ1n) is 8.61. The van der Waals surface area contributed by atoms with Gasteiger partial charge in [-0.15, -0.1) is 22.7 Å². The summed E-state index contributed by atoms with van der Waals surface area (Å²) in [5.41, 5.74) is 2.13. The normalized spacial score (nSPS) is 15.5. The summed E-state index contributed by atoms with van der Waals surface area (Å²) in [7, 11) is 1.67. The van der Waals surface area contributed by atoms with Crippen LogP contribution >= 0.6 is 22.7 Å². The van der Waals surface area contributed by atoms with Gasteiger partial charge in [-0.25, -0.2) is 4.98 Å². The van der Waals surface area contributed by atoms with Crippen LogP contribution in [0.2, 0.25) is 0 Å². The number of nitrogens with zero attached hydrogens (tertiary/aromatic N) is 2. The van der Waals surface area contributed by atoms with Crippen molar-refractivity contribution in [2.75, 3.05) is 7.11 Å². The molecule has 0 bridgehead atoms. The van der Waals surface area contributed by atoms with Crippen LogP contribution in [0.5, 0.6) is 5.75 Å². The first-order valence-corrected chi connectivity index (χ1v) is 10.2. The van der Waals surface area contributed by atoms with E-state index in [-0.39, 0.29) is 0 Å². The predicted octanol–water partition coefficient (Wildman–Crippen LogP) is 5.09. The molecule has 3 heterocycles. The minimum absolute atomic E-state index is 0.602. The lowest BCUT2D eigenvalue weighted by molar-refractivity contribution is 0.217. The molecule has 4 nitrogen and oxygen atoms in total. The molecule has 6 heteroatoms. The Morgan fingerprint density at radius 3 is 2.69 bits per heavy atom. The van der Waals surface area contributed by atoms with Crippen LogP contribution in [0.1, 0.15) is 40.3 Å². The molecule has 26 heavy (non-hydrogen) atoms. The van der Waals surface area contributed by atoms with Crippen LogP contribution in [0.15, 0.2) is 48.9 Å². The van der Waals surface area contributed by atoms with Gasteiger partial charge in [-0.1, -0.05) is 0 Å². The van der Waals surface area contributed by atoms with Crippen molar-refractivity contribution in [3.05, 3.63) is 64.4 Å². The molecule has 1 aliphatic rings. The number of ether oxygens (including phenoxy) is 1. The lowest BCUT2D eigenvalue weighted by Gasteiger charge is -2.10. The highest BCUT2D eigenvalue weighted by molar-refractivity contribution is 7.17. The van der Waals surface area contributed by atoms with Crippen LogP contribution < -0.4 is 4.74 Å². The molecule has 0 amide bonds. The number of hydrogen-bond donors (Lipinski definition) is 1. The lowest BCUT2D eigenvalue weighted by Crippen LogP contribution is -2.03. The van der Waals surface area contributed by atoms with Gasteiger partial charge in [0.2, 0.25) is 0 Å². The molecule has 1 aromatic carbocycles. The second-order valence-corrected chi connectivity index (χ2v) is 8.74. The smallest absolute Gasteiger partial charge is 0.130 e. The zero-order valence-electron chi connectivity index (χ0n) is 14.3. The molecule has 1 N–H and O–H groups in total. The first kappa shape index (κ1) is 16.1. The number of rotatable bonds is 5. The number of thiophene rings is 1. The van der Waals surface area contributed by atoms with Crippen molar-refractivity contribution in [2.24, 2.45) is 0 Å². The summed E-state index contributed by atoms with van der Waals surface area (Å²) in [5, 5.41) is 11.1. The number of methoxy groups -OCH3 is 1. The van der Waals surface area contributed by atoms with E-state index in [1.807, 2.05) is 30.7 Å². The van der Waals surface area contributed by atoms with Crippen molar-refractivity contribution < 1.29 is 9.84 Å². The van der Waals surface area contributed by atoms with Crippen molar-refractivity contribution >= 4 is 27.5 Å². The molecule has 1 atom stereocenters. The first-order chi connectivity index (χ1) is 12.7. The number of fused-ring (bicyclic) bond motifs is 1. The Labute approximate surface area is 159 Å². The summed E-state index contributed by atoms with van der Waals surface area (Å²) in [5.74, 6) is 1.45. The van der Waals surface area contributed by atoms with E-state index in [0.29, 0.717) is 5.92 Å². The van der Waals surface area contributed by atoms with Gasteiger partial charge in [0.25, 0.3) is 0 Å². The van der Waals surface area contributed by atoms with Crippen molar-refractivity contribution in [1.82, 2.24) is 9.38 Å². The van der Waals surface area contributed by atoms with E-state index in [2.05, 4.69) is 27.6 Å². The van der Waals surface area contributed by atoms with Gasteiger partial charge in [-0.2, -0.15) is 0 Å². The lowest BCUT2D eigenvalue weighted by atomic mass is 10.1. The second kappa shape index (κ2) is 6.23. The summed E-state index contributed by atoms with van der Waals surface area (Å²) in [6.45, 7) is 0. The van der Waals surface area contributed by atoms with Crippen LogP contribution in [0.4, 0.5) is 0 Å². The molecule has 132 valence electrons. The van der Waals surface area contributed by atoms with Gasteiger partial charge in [0, 0.05) is 14.6 Å². The topological polar surface area (TPSA) is 46.8 Å². The maximum Gasteiger partial charge on any atom is 0.130 e. The van der Waals surface area contributed by atoms with E-state index in [1.54, 1.807) is 29.8 Å². The molecule has 5 rings (SSSR count). The van der Waals surface area contributed by atoms with Crippen LogP contribution in [0.3, 0.4) is 0 Å². The van der Waals surface area contributed by atoms with Gasteiger partial charge in [0.1, 0.15) is 23.0 Å². The third-order valence-corrected chi connectivity index (χ3v) is 7.27. The summed E-state index contributed by atoms with van der Waals surface area (Å²) >= 11 is 3.40. The number of benzene rings is 1. The number of aromatic nitrogens is 2. The molecule has 0 saturated heterocycles. The van der Waals surface area contributed by atoms with Crippen LogP contribution in [0, 0.1) is 0 Å². The fourth-order valence-electron chi connectivity index (χ4n) is 3.27. The molecule has 0 aliphatic heterocycles. The number of aliphatic hydroxyl groups is 1. The van der Waals surface area contributed by atoms with E-state index in [9.17, 15) is 5.11 Å². The molecule has 1 unspecified atom stereocenters. The monoisotopic (exact) mass is 382 g/mol. The van der Waals surface area contributed by atoms with E-state index < -0.39 is 6.10 Å². The summed E-state index contributed by atoms with van der Waals surface area (Å²) < 4.78 is 7.28. The minimum Gasteiger partial charge on any atom is -0.497 e. The van der Waals surface area contributed by atoms with E-state index >= 15 is 0 Å². The zero-order valence-corrected chi connectivity index (χ0v) is 15.9. The highest BCUT2D eigenvalue weighted by Crippen LogP contribution is 2.48. The maximum atomic E-state index is 11.1. The van der Waals surface area contributed by atoms with Crippen molar-refractivity contribution in [3.8, 4) is 16.2 Å². The molecule has 4 aromatic rings. The molecule has 0 spiro atoms. The summed E-state index contributed by atoms with van der Waals surface area (Å²) in [6, 6.07) is 12.1. The molecule has 1 saturated carbocycles. The van der Waals surface area contributed by atoms with Crippen molar-refractivity contribution in [2.45, 2.75) is 24.9 Å². The van der Waals surface area contributed by atoms with Gasteiger partial charge in [-0.05, 0) is 60.7 Å². The quantitative estimate of drug-likeness (QED) is 0.523.